The molecule has 0 spiro atoms. The van der Waals surface area contributed by atoms with Crippen molar-refractivity contribution in [1.82, 2.24) is 5.06 Å². The highest BCUT2D eigenvalue weighted by Gasteiger charge is 2.38. The Kier molecular flexibility index (Phi) is 2.85. The molecule has 1 fully saturated rings. The molecule has 1 aromatic carbocycles. The molecule has 2 aliphatic rings. The number of imide groups is 1. The van der Waals surface area contributed by atoms with E-state index in [1.807, 2.05) is 0 Å². The average Bonchev–Trinajstić information content (AvgIpc) is 2.66. The van der Waals surface area contributed by atoms with Crippen molar-refractivity contribution in [2.24, 2.45) is 0 Å². The van der Waals surface area contributed by atoms with Crippen molar-refractivity contribution in [3.8, 4) is 0 Å². The molecule has 0 N–H and O–H groups in total. The van der Waals surface area contributed by atoms with Crippen LogP contribution >= 0.6 is 0 Å². The topological polar surface area (TPSA) is 55.8 Å². The summed E-state index contributed by atoms with van der Waals surface area (Å²) in [4.78, 5) is 29.4. The van der Waals surface area contributed by atoms with E-state index in [0.717, 1.165) is 17.9 Å². The van der Waals surface area contributed by atoms with Gasteiger partial charge in [-0.2, -0.15) is 0 Å². The monoisotopic (exact) mass is 247 g/mol. The van der Waals surface area contributed by atoms with Crippen LogP contribution in [0, 0.1) is 0 Å². The van der Waals surface area contributed by atoms with Crippen molar-refractivity contribution in [3.63, 3.8) is 0 Å². The van der Waals surface area contributed by atoms with Gasteiger partial charge in [-0.15, -0.1) is 5.06 Å². The molecule has 0 aliphatic carbocycles. The fraction of sp³-hybridized carbons (Fsp3) is 0.385. The standard InChI is InChI=1S/C13H13NO4/c15-12-9-5-1-2-6-10(9)13(16)14(12)18-11-7-3-4-8-17-11/h1-2,5-6,11H,3-4,7-8H2/t11-/m1/s1. The highest BCUT2D eigenvalue weighted by Crippen LogP contribution is 2.25. The third-order valence-electron chi connectivity index (χ3n) is 3.12. The maximum atomic E-state index is 12.0. The molecule has 94 valence electrons. The molecule has 5 heteroatoms. The van der Waals surface area contributed by atoms with Crippen LogP contribution in [0.4, 0.5) is 0 Å². The SMILES string of the molecule is O=C1c2ccccc2C(=O)N1O[C@@H]1CCCCO1. The first kappa shape index (κ1) is 11.4. The van der Waals surface area contributed by atoms with Crippen molar-refractivity contribution in [2.45, 2.75) is 25.6 Å². The van der Waals surface area contributed by atoms with E-state index >= 15 is 0 Å². The van der Waals surface area contributed by atoms with E-state index in [0.29, 0.717) is 24.2 Å². The van der Waals surface area contributed by atoms with Gasteiger partial charge in [0.1, 0.15) is 0 Å². The summed E-state index contributed by atoms with van der Waals surface area (Å²) in [6, 6.07) is 6.70. The Morgan fingerprint density at radius 2 is 1.78 bits per heavy atom. The summed E-state index contributed by atoms with van der Waals surface area (Å²) >= 11 is 0. The van der Waals surface area contributed by atoms with Crippen LogP contribution in [-0.2, 0) is 9.57 Å². The number of hydroxylamine groups is 2. The van der Waals surface area contributed by atoms with Gasteiger partial charge in [0, 0.05) is 13.0 Å². The van der Waals surface area contributed by atoms with Gasteiger partial charge in [0.05, 0.1) is 11.1 Å². The number of hydrogen-bond donors (Lipinski definition) is 0. The first-order valence-corrected chi connectivity index (χ1v) is 6.03. The van der Waals surface area contributed by atoms with Crippen LogP contribution in [0.1, 0.15) is 40.0 Å². The molecule has 0 bridgehead atoms. The zero-order valence-electron chi connectivity index (χ0n) is 9.80. The van der Waals surface area contributed by atoms with Crippen LogP contribution < -0.4 is 0 Å². The summed E-state index contributed by atoms with van der Waals surface area (Å²) < 4.78 is 5.37. The summed E-state index contributed by atoms with van der Waals surface area (Å²) in [5.41, 5.74) is 0.775. The molecule has 0 radical (unpaired) electrons. The Hall–Kier alpha value is -1.72. The molecule has 0 saturated carbocycles. The number of amides is 2. The Morgan fingerprint density at radius 3 is 2.33 bits per heavy atom. The quantitative estimate of drug-likeness (QED) is 0.747. The summed E-state index contributed by atoms with van der Waals surface area (Å²) in [5, 5.41) is 0.820. The fourth-order valence-corrected chi connectivity index (χ4v) is 2.17. The molecular weight excluding hydrogens is 234 g/mol. The highest BCUT2D eigenvalue weighted by atomic mass is 16.8. The minimum Gasteiger partial charge on any atom is -0.350 e. The normalized spacial score (nSPS) is 23.3. The number of carbonyl (C=O) groups excluding carboxylic acids is 2. The first-order valence-electron chi connectivity index (χ1n) is 6.03. The van der Waals surface area contributed by atoms with Gasteiger partial charge in [-0.3, -0.25) is 9.59 Å². The minimum atomic E-state index is -0.499. The van der Waals surface area contributed by atoms with Crippen molar-refractivity contribution in [3.05, 3.63) is 35.4 Å². The van der Waals surface area contributed by atoms with Gasteiger partial charge >= 0.3 is 0 Å². The van der Waals surface area contributed by atoms with Crippen LogP contribution in [-0.4, -0.2) is 29.8 Å². The zero-order valence-corrected chi connectivity index (χ0v) is 9.80. The van der Waals surface area contributed by atoms with Crippen LogP contribution in [0.2, 0.25) is 0 Å². The third-order valence-corrected chi connectivity index (χ3v) is 3.12. The maximum Gasteiger partial charge on any atom is 0.285 e. The first-order chi connectivity index (χ1) is 8.77. The number of benzene rings is 1. The van der Waals surface area contributed by atoms with Crippen molar-refractivity contribution >= 4 is 11.8 Å². The number of fused-ring (bicyclic) bond motifs is 1. The van der Waals surface area contributed by atoms with Gasteiger partial charge in [-0.1, -0.05) is 12.1 Å². The molecule has 1 saturated heterocycles. The predicted molar refractivity (Wildman–Crippen MR) is 61.6 cm³/mol. The summed E-state index contributed by atoms with van der Waals surface area (Å²) in [5.74, 6) is -0.824. The number of nitrogens with zero attached hydrogens (tertiary/aromatic N) is 1. The van der Waals surface area contributed by atoms with E-state index in [2.05, 4.69) is 0 Å². The molecule has 0 aromatic heterocycles. The minimum absolute atomic E-state index is 0.387. The molecule has 2 amide bonds. The van der Waals surface area contributed by atoms with Gasteiger partial charge in [0.2, 0.25) is 0 Å². The van der Waals surface area contributed by atoms with Crippen LogP contribution in [0.5, 0.6) is 0 Å². The third kappa shape index (κ3) is 1.81. The molecular formula is C13H13NO4. The summed E-state index contributed by atoms with van der Waals surface area (Å²) in [6.45, 7) is 0.605. The Bertz CT molecular complexity index is 459. The van der Waals surface area contributed by atoms with Crippen LogP contribution in [0.15, 0.2) is 24.3 Å². The Balaban J connectivity index is 1.79. The van der Waals surface area contributed by atoms with E-state index in [4.69, 9.17) is 9.57 Å². The lowest BCUT2D eigenvalue weighted by molar-refractivity contribution is -0.246. The molecule has 2 heterocycles. The smallest absolute Gasteiger partial charge is 0.285 e. The highest BCUT2D eigenvalue weighted by molar-refractivity contribution is 6.20. The van der Waals surface area contributed by atoms with Gasteiger partial charge in [-0.25, -0.2) is 4.84 Å². The van der Waals surface area contributed by atoms with Crippen molar-refractivity contribution in [2.75, 3.05) is 6.61 Å². The molecule has 0 unspecified atom stereocenters. The van der Waals surface area contributed by atoms with Crippen molar-refractivity contribution < 1.29 is 19.2 Å². The van der Waals surface area contributed by atoms with Gasteiger partial charge in [0.25, 0.3) is 11.8 Å². The Labute approximate surface area is 104 Å². The molecule has 1 atom stereocenters. The lowest BCUT2D eigenvalue weighted by Gasteiger charge is -2.25. The average molecular weight is 247 g/mol. The number of rotatable bonds is 2. The van der Waals surface area contributed by atoms with Gasteiger partial charge in [0.15, 0.2) is 6.29 Å². The second-order valence-corrected chi connectivity index (χ2v) is 4.35. The van der Waals surface area contributed by atoms with E-state index in [-0.39, 0.29) is 0 Å². The van der Waals surface area contributed by atoms with Gasteiger partial charge in [-0.05, 0) is 25.0 Å². The van der Waals surface area contributed by atoms with E-state index in [1.54, 1.807) is 24.3 Å². The lowest BCUT2D eigenvalue weighted by Crippen LogP contribution is -2.37. The van der Waals surface area contributed by atoms with Crippen LogP contribution in [0.25, 0.3) is 0 Å². The maximum absolute atomic E-state index is 12.0. The van der Waals surface area contributed by atoms with E-state index < -0.39 is 18.1 Å². The fourth-order valence-electron chi connectivity index (χ4n) is 2.17. The zero-order chi connectivity index (χ0) is 12.5. The number of ether oxygens (including phenoxy) is 1. The summed E-state index contributed by atoms with van der Waals surface area (Å²) in [7, 11) is 0. The molecule has 3 rings (SSSR count). The molecule has 18 heavy (non-hydrogen) atoms. The second kappa shape index (κ2) is 4.51. The predicted octanol–water partition coefficient (Wildman–Crippen LogP) is 1.74. The molecule has 5 nitrogen and oxygen atoms in total. The number of carbonyl (C=O) groups is 2. The lowest BCUT2D eigenvalue weighted by atomic mass is 10.1. The Morgan fingerprint density at radius 1 is 1.11 bits per heavy atom. The molecule has 2 aliphatic heterocycles. The van der Waals surface area contributed by atoms with E-state index in [9.17, 15) is 9.59 Å². The number of hydrogen-bond acceptors (Lipinski definition) is 4. The molecule has 1 aromatic rings. The summed E-state index contributed by atoms with van der Waals surface area (Å²) in [6.07, 6.45) is 2.17. The second-order valence-electron chi connectivity index (χ2n) is 4.35. The van der Waals surface area contributed by atoms with Crippen molar-refractivity contribution in [1.29, 1.82) is 0 Å². The van der Waals surface area contributed by atoms with E-state index in [1.165, 1.54) is 0 Å². The van der Waals surface area contributed by atoms with Gasteiger partial charge < -0.3 is 4.74 Å². The largest absolute Gasteiger partial charge is 0.350 e. The van der Waals surface area contributed by atoms with Crippen LogP contribution in [0.3, 0.4) is 0 Å².